The Bertz CT molecular complexity index is 466. The summed E-state index contributed by atoms with van der Waals surface area (Å²) in [5, 5.41) is 0. The number of rotatable bonds is 3. The molecule has 1 nitrogen and oxygen atoms in total. The molecule has 0 amide bonds. The lowest BCUT2D eigenvalue weighted by atomic mass is 9.92. The molecule has 0 spiro atoms. The first-order valence-electron chi connectivity index (χ1n) is 5.66. The van der Waals surface area contributed by atoms with Gasteiger partial charge in [-0.25, -0.2) is 0 Å². The van der Waals surface area contributed by atoms with Gasteiger partial charge in [0, 0.05) is 6.42 Å². The third-order valence-corrected chi connectivity index (χ3v) is 2.97. The monoisotopic (exact) mass is 298 g/mol. The number of ketones is 1. The van der Waals surface area contributed by atoms with Gasteiger partial charge in [0.1, 0.15) is 0 Å². The second-order valence-electron chi connectivity index (χ2n) is 4.53. The molecule has 112 valence electrons. The maximum atomic E-state index is 12.4. The molecule has 1 aromatic rings. The maximum absolute atomic E-state index is 12.4. The number of carbonyl (C=O) groups is 1. The van der Waals surface area contributed by atoms with Crippen LogP contribution in [0.4, 0.5) is 26.3 Å². The summed E-state index contributed by atoms with van der Waals surface area (Å²) in [5.74, 6) is -5.82. The molecule has 0 aliphatic rings. The molecule has 1 aromatic carbocycles. The first-order valence-corrected chi connectivity index (χ1v) is 5.66. The smallest absolute Gasteiger partial charge is 0.298 e. The first-order chi connectivity index (χ1) is 8.94. The van der Waals surface area contributed by atoms with E-state index in [-0.39, 0.29) is 5.56 Å². The standard InChI is InChI=1S/C13H12F6O/c1-7-4-3-5-8(2)9(7)6-10(20)11(12(14,15)16)13(17,18)19/h3-5,11H,6H2,1-2H3. The van der Waals surface area contributed by atoms with Gasteiger partial charge in [0.25, 0.3) is 0 Å². The zero-order valence-electron chi connectivity index (χ0n) is 10.7. The van der Waals surface area contributed by atoms with Gasteiger partial charge < -0.3 is 0 Å². The van der Waals surface area contributed by atoms with Crippen LogP contribution >= 0.6 is 0 Å². The Hall–Kier alpha value is -1.53. The van der Waals surface area contributed by atoms with Crippen LogP contribution < -0.4 is 0 Å². The molecule has 0 fully saturated rings. The van der Waals surface area contributed by atoms with Crippen molar-refractivity contribution in [2.75, 3.05) is 0 Å². The molecule has 20 heavy (non-hydrogen) atoms. The summed E-state index contributed by atoms with van der Waals surface area (Å²) in [7, 11) is 0. The quantitative estimate of drug-likeness (QED) is 0.766. The molecule has 0 aromatic heterocycles. The van der Waals surface area contributed by atoms with Crippen LogP contribution in [0.15, 0.2) is 18.2 Å². The number of halogens is 6. The van der Waals surface area contributed by atoms with Crippen molar-refractivity contribution in [3.05, 3.63) is 34.9 Å². The molecule has 0 radical (unpaired) electrons. The van der Waals surface area contributed by atoms with Gasteiger partial charge >= 0.3 is 12.4 Å². The number of hydrogen-bond donors (Lipinski definition) is 0. The summed E-state index contributed by atoms with van der Waals surface area (Å²) in [6, 6.07) is 4.68. The third kappa shape index (κ3) is 3.74. The average Bonchev–Trinajstić information content (AvgIpc) is 2.19. The third-order valence-electron chi connectivity index (χ3n) is 2.97. The number of hydrogen-bond acceptors (Lipinski definition) is 1. The van der Waals surface area contributed by atoms with E-state index in [4.69, 9.17) is 0 Å². The predicted molar refractivity (Wildman–Crippen MR) is 60.2 cm³/mol. The van der Waals surface area contributed by atoms with E-state index in [2.05, 4.69) is 0 Å². The fourth-order valence-electron chi connectivity index (χ4n) is 1.95. The maximum Gasteiger partial charge on any atom is 0.407 e. The summed E-state index contributed by atoms with van der Waals surface area (Å²) in [6.45, 7) is 3.07. The molecule has 0 unspecified atom stereocenters. The van der Waals surface area contributed by atoms with E-state index < -0.39 is 30.5 Å². The largest absolute Gasteiger partial charge is 0.407 e. The minimum atomic E-state index is -5.63. The van der Waals surface area contributed by atoms with Crippen molar-refractivity contribution in [2.45, 2.75) is 32.6 Å². The van der Waals surface area contributed by atoms with Crippen molar-refractivity contribution in [3.8, 4) is 0 Å². The number of Topliss-reactive ketones (excluding diaryl/α,β-unsaturated/α-hetero) is 1. The van der Waals surface area contributed by atoms with Gasteiger partial charge in [-0.15, -0.1) is 0 Å². The van der Waals surface area contributed by atoms with Crippen molar-refractivity contribution in [1.29, 1.82) is 0 Å². The van der Waals surface area contributed by atoms with Crippen molar-refractivity contribution < 1.29 is 31.1 Å². The zero-order valence-corrected chi connectivity index (χ0v) is 10.7. The lowest BCUT2D eigenvalue weighted by Gasteiger charge is -2.22. The van der Waals surface area contributed by atoms with E-state index in [1.165, 1.54) is 26.0 Å². The lowest BCUT2D eigenvalue weighted by molar-refractivity contribution is -0.273. The molecule has 0 atom stereocenters. The highest BCUT2D eigenvalue weighted by atomic mass is 19.4. The molecular formula is C13H12F6O. The predicted octanol–water partition coefficient (Wildman–Crippen LogP) is 4.16. The van der Waals surface area contributed by atoms with Crippen molar-refractivity contribution in [3.63, 3.8) is 0 Å². The zero-order chi connectivity index (χ0) is 15.7. The molecule has 1 rings (SSSR count). The van der Waals surface area contributed by atoms with E-state index in [1.54, 1.807) is 6.07 Å². The topological polar surface area (TPSA) is 17.1 Å². The SMILES string of the molecule is Cc1cccc(C)c1CC(=O)C(C(F)(F)F)C(F)(F)F. The van der Waals surface area contributed by atoms with Crippen LogP contribution in [0.2, 0.25) is 0 Å². The van der Waals surface area contributed by atoms with Gasteiger partial charge in [-0.3, -0.25) is 4.79 Å². The van der Waals surface area contributed by atoms with Gasteiger partial charge in [0.05, 0.1) is 0 Å². The lowest BCUT2D eigenvalue weighted by Crippen LogP contribution is -2.43. The Morgan fingerprint density at radius 1 is 1.00 bits per heavy atom. The number of carbonyl (C=O) groups excluding carboxylic acids is 1. The second-order valence-corrected chi connectivity index (χ2v) is 4.53. The fourth-order valence-corrected chi connectivity index (χ4v) is 1.95. The Morgan fingerprint density at radius 3 is 1.75 bits per heavy atom. The van der Waals surface area contributed by atoms with Crippen LogP contribution in [-0.2, 0) is 11.2 Å². The minimum Gasteiger partial charge on any atom is -0.298 e. The van der Waals surface area contributed by atoms with Crippen LogP contribution in [0.25, 0.3) is 0 Å². The van der Waals surface area contributed by atoms with Gasteiger partial charge in [0.2, 0.25) is 5.92 Å². The van der Waals surface area contributed by atoms with E-state index in [0.717, 1.165) is 0 Å². The molecule has 0 N–H and O–H groups in total. The van der Waals surface area contributed by atoms with Crippen LogP contribution in [0.1, 0.15) is 16.7 Å². The van der Waals surface area contributed by atoms with Crippen molar-refractivity contribution in [2.24, 2.45) is 5.92 Å². The molecule has 0 bridgehead atoms. The summed E-state index contributed by atoms with van der Waals surface area (Å²) in [6.07, 6.45) is -12.2. The summed E-state index contributed by atoms with van der Waals surface area (Å²) < 4.78 is 74.6. The number of benzene rings is 1. The van der Waals surface area contributed by atoms with E-state index in [0.29, 0.717) is 11.1 Å². The van der Waals surface area contributed by atoms with Crippen molar-refractivity contribution >= 4 is 5.78 Å². The van der Waals surface area contributed by atoms with Crippen LogP contribution in [0.5, 0.6) is 0 Å². The van der Waals surface area contributed by atoms with Gasteiger partial charge in [0.15, 0.2) is 5.78 Å². The van der Waals surface area contributed by atoms with Gasteiger partial charge in [-0.1, -0.05) is 18.2 Å². The highest BCUT2D eigenvalue weighted by molar-refractivity contribution is 5.85. The van der Waals surface area contributed by atoms with Gasteiger partial charge in [-0.2, -0.15) is 26.3 Å². The van der Waals surface area contributed by atoms with E-state index in [1.807, 2.05) is 0 Å². The highest BCUT2D eigenvalue weighted by Gasteiger charge is 2.60. The Kier molecular flexibility index (Phi) is 4.51. The van der Waals surface area contributed by atoms with Crippen LogP contribution in [0.3, 0.4) is 0 Å². The molecule has 0 saturated heterocycles. The average molecular weight is 298 g/mol. The number of alkyl halides is 6. The first kappa shape index (κ1) is 16.5. The van der Waals surface area contributed by atoms with Gasteiger partial charge in [-0.05, 0) is 30.5 Å². The molecule has 0 saturated carbocycles. The molecular weight excluding hydrogens is 286 g/mol. The van der Waals surface area contributed by atoms with Crippen molar-refractivity contribution in [1.82, 2.24) is 0 Å². The molecule has 0 aliphatic carbocycles. The summed E-state index contributed by atoms with van der Waals surface area (Å²) in [5.41, 5.74) is 1.18. The highest BCUT2D eigenvalue weighted by Crippen LogP contribution is 2.40. The second kappa shape index (κ2) is 5.46. The minimum absolute atomic E-state index is 0.205. The Morgan fingerprint density at radius 2 is 1.40 bits per heavy atom. The molecule has 7 heteroatoms. The fraction of sp³-hybridized carbons (Fsp3) is 0.462. The van der Waals surface area contributed by atoms with E-state index in [9.17, 15) is 31.1 Å². The van der Waals surface area contributed by atoms with Crippen LogP contribution in [0, 0.1) is 19.8 Å². The number of aryl methyl sites for hydroxylation is 2. The Labute approximate surface area is 111 Å². The summed E-state index contributed by atoms with van der Waals surface area (Å²) >= 11 is 0. The van der Waals surface area contributed by atoms with E-state index >= 15 is 0 Å². The normalized spacial score (nSPS) is 12.8. The summed E-state index contributed by atoms with van der Waals surface area (Å²) in [4.78, 5) is 11.5. The molecule has 0 aliphatic heterocycles. The molecule has 0 heterocycles. The Balaban J connectivity index is 3.11. The van der Waals surface area contributed by atoms with Crippen LogP contribution in [-0.4, -0.2) is 18.1 Å².